The SMILES string of the molecule is CCCCC/C=C\C/C=C\CCCCCCCC(=O)OCCCCCCCCCCCCCC/C=C\CCCCCCCCCCCCCCCC(=O)NC(CO)C(O)/C=C/CCCCCCCCCCCCC. The summed E-state index contributed by atoms with van der Waals surface area (Å²) in [5, 5.41) is 23.1. The number of ether oxygens (including phenoxy) is 1. The maximum atomic E-state index is 12.5. The molecule has 434 valence electrons. The van der Waals surface area contributed by atoms with Gasteiger partial charge >= 0.3 is 5.97 Å². The van der Waals surface area contributed by atoms with Crippen molar-refractivity contribution in [3.8, 4) is 0 Å². The number of carbonyl (C=O) groups is 2. The second-order valence-electron chi connectivity index (χ2n) is 22.4. The molecule has 0 radical (unpaired) electrons. The highest BCUT2D eigenvalue weighted by Crippen LogP contribution is 2.17. The number of hydrogen-bond acceptors (Lipinski definition) is 5. The van der Waals surface area contributed by atoms with E-state index in [0.717, 1.165) is 51.4 Å². The smallest absolute Gasteiger partial charge is 0.305 e. The molecule has 0 saturated heterocycles. The van der Waals surface area contributed by atoms with Gasteiger partial charge in [-0.05, 0) is 89.9 Å². The monoisotopic (exact) mass is 1040 g/mol. The average Bonchev–Trinajstić information content (AvgIpc) is 3.40. The summed E-state index contributed by atoms with van der Waals surface area (Å²) in [5.41, 5.74) is 0. The summed E-state index contributed by atoms with van der Waals surface area (Å²) in [4.78, 5) is 24.5. The van der Waals surface area contributed by atoms with E-state index in [1.165, 1.54) is 270 Å². The normalized spacial score (nSPS) is 12.9. The van der Waals surface area contributed by atoms with Gasteiger partial charge in [0, 0.05) is 12.8 Å². The molecule has 0 spiro atoms. The zero-order valence-corrected chi connectivity index (χ0v) is 49.6. The summed E-state index contributed by atoms with van der Waals surface area (Å²) in [6.07, 6.45) is 81.7. The molecule has 0 aliphatic heterocycles. The maximum absolute atomic E-state index is 12.5. The fourth-order valence-corrected chi connectivity index (χ4v) is 10.0. The Morgan fingerprint density at radius 3 is 1.07 bits per heavy atom. The Balaban J connectivity index is 3.38. The highest BCUT2D eigenvalue weighted by molar-refractivity contribution is 5.76. The number of esters is 1. The molecule has 0 heterocycles. The van der Waals surface area contributed by atoms with Gasteiger partial charge in [0.25, 0.3) is 0 Å². The van der Waals surface area contributed by atoms with Gasteiger partial charge in [-0.1, -0.05) is 294 Å². The molecule has 0 aromatic carbocycles. The summed E-state index contributed by atoms with van der Waals surface area (Å²) in [5.74, 6) is -0.0650. The molecular weight excluding hydrogens is 911 g/mol. The minimum Gasteiger partial charge on any atom is -0.466 e. The van der Waals surface area contributed by atoms with Gasteiger partial charge in [0.15, 0.2) is 0 Å². The van der Waals surface area contributed by atoms with Crippen LogP contribution in [0.4, 0.5) is 0 Å². The van der Waals surface area contributed by atoms with Crippen LogP contribution in [-0.2, 0) is 14.3 Å². The summed E-state index contributed by atoms with van der Waals surface area (Å²) in [6.45, 7) is 4.88. The molecule has 6 nitrogen and oxygen atoms in total. The van der Waals surface area contributed by atoms with Crippen molar-refractivity contribution < 1.29 is 24.5 Å². The van der Waals surface area contributed by atoms with Gasteiger partial charge in [-0.25, -0.2) is 0 Å². The van der Waals surface area contributed by atoms with E-state index in [1.54, 1.807) is 6.08 Å². The number of allylic oxidation sites excluding steroid dienone is 7. The van der Waals surface area contributed by atoms with E-state index in [-0.39, 0.29) is 18.5 Å². The van der Waals surface area contributed by atoms with Crippen LogP contribution in [0.25, 0.3) is 0 Å². The van der Waals surface area contributed by atoms with Crippen molar-refractivity contribution in [2.75, 3.05) is 13.2 Å². The van der Waals surface area contributed by atoms with Gasteiger partial charge < -0.3 is 20.3 Å². The number of rotatable bonds is 61. The Hall–Kier alpha value is -2.18. The Morgan fingerprint density at radius 2 is 0.676 bits per heavy atom. The van der Waals surface area contributed by atoms with Crippen molar-refractivity contribution in [1.82, 2.24) is 5.32 Å². The van der Waals surface area contributed by atoms with Gasteiger partial charge in [0.2, 0.25) is 5.91 Å². The zero-order valence-electron chi connectivity index (χ0n) is 49.6. The first-order chi connectivity index (χ1) is 36.5. The lowest BCUT2D eigenvalue weighted by atomic mass is 10.0. The predicted octanol–water partition coefficient (Wildman–Crippen LogP) is 20.9. The van der Waals surface area contributed by atoms with Crippen LogP contribution in [0, 0.1) is 0 Å². The molecule has 0 fully saturated rings. The predicted molar refractivity (Wildman–Crippen MR) is 324 cm³/mol. The van der Waals surface area contributed by atoms with Crippen molar-refractivity contribution in [2.24, 2.45) is 0 Å². The van der Waals surface area contributed by atoms with Crippen molar-refractivity contribution in [2.45, 2.75) is 360 Å². The highest BCUT2D eigenvalue weighted by atomic mass is 16.5. The molecule has 0 aromatic heterocycles. The summed E-state index contributed by atoms with van der Waals surface area (Å²) in [7, 11) is 0. The second-order valence-corrected chi connectivity index (χ2v) is 22.4. The Labute approximate surface area is 461 Å². The van der Waals surface area contributed by atoms with Crippen molar-refractivity contribution >= 4 is 11.9 Å². The Bertz CT molecular complexity index is 1240. The van der Waals surface area contributed by atoms with Crippen LogP contribution < -0.4 is 5.32 Å². The number of carbonyl (C=O) groups excluding carboxylic acids is 2. The third-order valence-corrected chi connectivity index (χ3v) is 15.1. The van der Waals surface area contributed by atoms with E-state index in [9.17, 15) is 19.8 Å². The van der Waals surface area contributed by atoms with Crippen molar-refractivity contribution in [3.63, 3.8) is 0 Å². The molecule has 0 rings (SSSR count). The molecule has 0 aliphatic rings. The third-order valence-electron chi connectivity index (χ3n) is 15.1. The molecule has 0 saturated carbocycles. The zero-order chi connectivity index (χ0) is 53.6. The Morgan fingerprint density at radius 1 is 0.378 bits per heavy atom. The summed E-state index contributed by atoms with van der Waals surface area (Å²) >= 11 is 0. The number of unbranched alkanes of at least 4 members (excludes halogenated alkanes) is 44. The third kappa shape index (κ3) is 59.1. The molecular formula is C68H127NO5. The van der Waals surface area contributed by atoms with Crippen LogP contribution in [0.5, 0.6) is 0 Å². The van der Waals surface area contributed by atoms with E-state index >= 15 is 0 Å². The van der Waals surface area contributed by atoms with E-state index < -0.39 is 12.1 Å². The highest BCUT2D eigenvalue weighted by Gasteiger charge is 2.18. The van der Waals surface area contributed by atoms with Crippen LogP contribution in [0.2, 0.25) is 0 Å². The number of aliphatic hydroxyl groups is 2. The van der Waals surface area contributed by atoms with E-state index in [1.807, 2.05) is 6.08 Å². The molecule has 74 heavy (non-hydrogen) atoms. The lowest BCUT2D eigenvalue weighted by molar-refractivity contribution is -0.143. The standard InChI is InChI=1S/C68H127NO5/c1-3-5-7-9-11-13-15-17-33-38-42-46-50-54-58-62-68(73)74-63-59-55-51-47-43-39-35-32-30-28-26-24-22-20-18-19-21-23-25-27-29-31-34-37-41-45-49-53-57-61-67(72)69-65(64-70)66(71)60-56-52-48-44-40-36-16-14-12-10-8-6-4-2/h11,13,17-18,20,33,56,60,65-66,70-71H,3-10,12,14-16,19,21-32,34-55,57-59,61-64H2,1-2H3,(H,69,72)/b13-11-,20-18-,33-17-,60-56+. The van der Waals surface area contributed by atoms with Gasteiger partial charge in [0.1, 0.15) is 0 Å². The van der Waals surface area contributed by atoms with Crippen molar-refractivity contribution in [3.05, 3.63) is 48.6 Å². The molecule has 0 bridgehead atoms. The molecule has 6 heteroatoms. The second kappa shape index (κ2) is 63.4. The largest absolute Gasteiger partial charge is 0.466 e. The fraction of sp³-hybridized carbons (Fsp3) is 0.853. The lowest BCUT2D eigenvalue weighted by Crippen LogP contribution is -2.45. The lowest BCUT2D eigenvalue weighted by Gasteiger charge is -2.20. The first-order valence-corrected chi connectivity index (χ1v) is 32.9. The van der Waals surface area contributed by atoms with Crippen LogP contribution >= 0.6 is 0 Å². The fourth-order valence-electron chi connectivity index (χ4n) is 10.0. The van der Waals surface area contributed by atoms with Gasteiger partial charge in [0.05, 0.1) is 25.4 Å². The van der Waals surface area contributed by atoms with Crippen molar-refractivity contribution in [1.29, 1.82) is 0 Å². The molecule has 1 amide bonds. The molecule has 0 aliphatic carbocycles. The summed E-state index contributed by atoms with van der Waals surface area (Å²) < 4.78 is 5.48. The Kier molecular flexibility index (Phi) is 61.5. The van der Waals surface area contributed by atoms with Gasteiger partial charge in [-0.3, -0.25) is 9.59 Å². The van der Waals surface area contributed by atoms with Crippen LogP contribution in [-0.4, -0.2) is 47.4 Å². The van der Waals surface area contributed by atoms with E-state index in [4.69, 9.17) is 4.74 Å². The summed E-state index contributed by atoms with van der Waals surface area (Å²) in [6, 6.07) is -0.627. The minimum absolute atomic E-state index is 0.00191. The van der Waals surface area contributed by atoms with Gasteiger partial charge in [-0.15, -0.1) is 0 Å². The minimum atomic E-state index is -0.843. The molecule has 0 aromatic rings. The quantitative estimate of drug-likeness (QED) is 0.0320. The number of aliphatic hydroxyl groups excluding tert-OH is 2. The van der Waals surface area contributed by atoms with Crippen LogP contribution in [0.3, 0.4) is 0 Å². The number of nitrogens with one attached hydrogen (secondary N) is 1. The van der Waals surface area contributed by atoms with Crippen LogP contribution in [0.1, 0.15) is 348 Å². The number of hydrogen-bond donors (Lipinski definition) is 3. The van der Waals surface area contributed by atoms with E-state index in [2.05, 4.69) is 55.6 Å². The van der Waals surface area contributed by atoms with E-state index in [0.29, 0.717) is 19.4 Å². The first kappa shape index (κ1) is 71.8. The van der Waals surface area contributed by atoms with Gasteiger partial charge in [-0.2, -0.15) is 0 Å². The molecule has 2 unspecified atom stereocenters. The topological polar surface area (TPSA) is 95.9 Å². The maximum Gasteiger partial charge on any atom is 0.305 e. The van der Waals surface area contributed by atoms with Crippen LogP contribution in [0.15, 0.2) is 48.6 Å². The first-order valence-electron chi connectivity index (χ1n) is 32.9. The average molecular weight is 1040 g/mol. The number of amides is 1. The molecule has 3 N–H and O–H groups in total. The molecule has 2 atom stereocenters.